The number of ether oxygens (including phenoxy) is 1. The molecule has 0 radical (unpaired) electrons. The number of rotatable bonds is 7. The van der Waals surface area contributed by atoms with Crippen molar-refractivity contribution >= 4 is 58.6 Å². The monoisotopic (exact) mass is 849 g/mol. The standard InChI is InChI=1S/C33H45N9O12P2Si/c1-33(2,3)57(4,5)54-26-22-15-50-55(45,46)52-21-12-20(38-23-13-24(36-16-35-23)39-29(43)18-9-7-6-8-10-18)11-19(21)14-49-56(47,48)53-27(26)31(51-22)42-17-37-25-28(42)40-32(34)41-30(25)44/h6-10,13,16-17,19-22,26-27,31H,11-12,14-15H2,1-5H3,(H,45,46)(H,47,48)(H3,34,40,41,44)(H2,35,36,38,39,43)/t19-,20-,21+,22-,26-,27-,31-/m1/s1. The van der Waals surface area contributed by atoms with Gasteiger partial charge in [-0.05, 0) is 43.1 Å². The summed E-state index contributed by atoms with van der Waals surface area (Å²) in [5, 5.41) is 5.57. The highest BCUT2D eigenvalue weighted by molar-refractivity contribution is 7.47. The third kappa shape index (κ3) is 9.21. The van der Waals surface area contributed by atoms with Crippen LogP contribution in [0.2, 0.25) is 18.1 Å². The second-order valence-electron chi connectivity index (χ2n) is 15.6. The quantitative estimate of drug-likeness (QED) is 0.113. The number of benzene rings is 1. The highest BCUT2D eigenvalue weighted by Gasteiger charge is 2.55. The number of phosphoric ester groups is 2. The minimum Gasteiger partial charge on any atom is -0.408 e. The van der Waals surface area contributed by atoms with Crippen LogP contribution in [0.15, 0.2) is 53.8 Å². The van der Waals surface area contributed by atoms with E-state index in [1.807, 2.05) is 33.9 Å². The third-order valence-corrected chi connectivity index (χ3v) is 17.0. The second kappa shape index (κ2) is 15.7. The maximum absolute atomic E-state index is 13.9. The van der Waals surface area contributed by atoms with Crippen molar-refractivity contribution in [1.29, 1.82) is 0 Å². The Morgan fingerprint density at radius 2 is 1.72 bits per heavy atom. The SMILES string of the molecule is CC(C)(C)[Si](C)(C)O[C@H]1[C@H]2OP(=O)(O)OC[C@H]3C[C@@H](Nc4cc(NC(=O)c5ccccc5)ncn4)C[C@@H]3OP(=O)(O)OC[C@H]1O[C@H]2n1cnc2c(=O)[nH]c(N)nc21. The molecule has 21 nitrogen and oxygen atoms in total. The van der Waals surface area contributed by atoms with E-state index in [1.54, 1.807) is 30.3 Å². The van der Waals surface area contributed by atoms with Gasteiger partial charge in [0.15, 0.2) is 25.7 Å². The normalized spacial score (nSPS) is 31.2. The molecule has 4 aromatic rings. The summed E-state index contributed by atoms with van der Waals surface area (Å²) in [7, 11) is -12.5. The lowest BCUT2D eigenvalue weighted by molar-refractivity contribution is -0.0558. The lowest BCUT2D eigenvalue weighted by Gasteiger charge is -2.40. The van der Waals surface area contributed by atoms with E-state index in [1.165, 1.54) is 23.3 Å². The van der Waals surface area contributed by atoms with E-state index >= 15 is 0 Å². The van der Waals surface area contributed by atoms with Crippen molar-refractivity contribution in [2.75, 3.05) is 29.6 Å². The molecule has 308 valence electrons. The summed E-state index contributed by atoms with van der Waals surface area (Å²) in [5.74, 6) is -0.730. The number of hydrogen-bond donors (Lipinski definition) is 6. The predicted octanol–water partition coefficient (Wildman–Crippen LogP) is 3.94. The van der Waals surface area contributed by atoms with Gasteiger partial charge in [0.25, 0.3) is 11.5 Å². The van der Waals surface area contributed by atoms with Crippen LogP contribution in [0.1, 0.15) is 50.2 Å². The number of H-pyrrole nitrogens is 1. The number of phosphoric acid groups is 2. The minimum absolute atomic E-state index is 0.0183. The van der Waals surface area contributed by atoms with E-state index < -0.39 is 85.3 Å². The summed E-state index contributed by atoms with van der Waals surface area (Å²) in [6.45, 7) is 8.86. The third-order valence-electron chi connectivity index (χ3n) is 10.6. The molecule has 7 rings (SSSR count). The molecule has 0 spiro atoms. The van der Waals surface area contributed by atoms with Gasteiger partial charge in [-0.2, -0.15) is 4.98 Å². The molecule has 1 amide bonds. The van der Waals surface area contributed by atoms with Gasteiger partial charge in [0.05, 0.1) is 25.6 Å². The first kappa shape index (κ1) is 41.2. The van der Waals surface area contributed by atoms with E-state index in [2.05, 4.69) is 35.6 Å². The molecule has 2 bridgehead atoms. The van der Waals surface area contributed by atoms with Gasteiger partial charge in [-0.3, -0.25) is 37.2 Å². The van der Waals surface area contributed by atoms with Gasteiger partial charge in [0.1, 0.15) is 36.3 Å². The Bertz CT molecular complexity index is 2280. The van der Waals surface area contributed by atoms with Crippen molar-refractivity contribution in [2.24, 2.45) is 5.92 Å². The van der Waals surface area contributed by atoms with Crippen LogP contribution >= 0.6 is 15.6 Å². The summed E-state index contributed by atoms with van der Waals surface area (Å²) in [6, 6.07) is 9.69. The molecule has 3 aromatic heterocycles. The molecule has 57 heavy (non-hydrogen) atoms. The van der Waals surface area contributed by atoms with E-state index in [4.69, 9.17) is 33.0 Å². The first-order valence-electron chi connectivity index (χ1n) is 18.1. The maximum Gasteiger partial charge on any atom is 0.472 e. The number of carbonyl (C=O) groups is 1. The van der Waals surface area contributed by atoms with E-state index in [9.17, 15) is 28.5 Å². The molecule has 1 aromatic carbocycles. The molecule has 2 aliphatic heterocycles. The van der Waals surface area contributed by atoms with Crippen LogP contribution < -0.4 is 21.9 Å². The number of anilines is 3. The maximum atomic E-state index is 13.9. The highest BCUT2D eigenvalue weighted by atomic mass is 31.2. The topological polar surface area (TPSA) is 286 Å². The number of amides is 1. The van der Waals surface area contributed by atoms with Gasteiger partial charge in [0.2, 0.25) is 5.95 Å². The average Bonchev–Trinajstić information content (AvgIpc) is 3.81. The molecule has 24 heteroatoms. The van der Waals surface area contributed by atoms with E-state index in [0.29, 0.717) is 11.4 Å². The summed E-state index contributed by atoms with van der Waals surface area (Å²) in [6.07, 6.45) is -3.22. The van der Waals surface area contributed by atoms with E-state index in [0.717, 1.165) is 0 Å². The first-order valence-corrected chi connectivity index (χ1v) is 24.0. The lowest BCUT2D eigenvalue weighted by atomic mass is 10.1. The zero-order chi connectivity index (χ0) is 40.9. The van der Waals surface area contributed by atoms with Gasteiger partial charge in [-0.1, -0.05) is 39.0 Å². The fourth-order valence-corrected chi connectivity index (χ4v) is 10.00. The van der Waals surface area contributed by atoms with Gasteiger partial charge in [-0.25, -0.2) is 24.1 Å². The molecule has 1 saturated carbocycles. The summed E-state index contributed by atoms with van der Waals surface area (Å²) in [4.78, 5) is 66.8. The van der Waals surface area contributed by atoms with Crippen molar-refractivity contribution in [1.82, 2.24) is 29.5 Å². The molecular weight excluding hydrogens is 804 g/mol. The highest BCUT2D eigenvalue weighted by Crippen LogP contribution is 2.55. The number of aromatic amines is 1. The Morgan fingerprint density at radius 1 is 1.02 bits per heavy atom. The van der Waals surface area contributed by atoms with Crippen LogP contribution in [0, 0.1) is 5.92 Å². The first-order chi connectivity index (χ1) is 26.8. The molecule has 1 aliphatic carbocycles. The van der Waals surface area contributed by atoms with Crippen LogP contribution in [0.4, 0.5) is 17.6 Å². The molecule has 2 saturated heterocycles. The van der Waals surface area contributed by atoms with Crippen LogP contribution in [0.5, 0.6) is 0 Å². The van der Waals surface area contributed by atoms with Crippen LogP contribution in [0.25, 0.3) is 11.2 Å². The number of nitrogen functional groups attached to an aromatic ring is 1. The molecule has 3 aliphatic rings. The molecule has 9 atom stereocenters. The van der Waals surface area contributed by atoms with Crippen LogP contribution in [-0.4, -0.2) is 97.2 Å². The number of imidazole rings is 1. The molecular formula is C33H45N9O12P2Si. The van der Waals surface area contributed by atoms with Gasteiger partial charge < -0.3 is 35.3 Å². The Labute approximate surface area is 327 Å². The van der Waals surface area contributed by atoms with Crippen molar-refractivity contribution in [3.63, 3.8) is 0 Å². The summed E-state index contributed by atoms with van der Waals surface area (Å²) < 4.78 is 64.7. The number of hydrogen-bond acceptors (Lipinski definition) is 16. The van der Waals surface area contributed by atoms with Crippen LogP contribution in [-0.2, 0) is 36.4 Å². The summed E-state index contributed by atoms with van der Waals surface area (Å²) >= 11 is 0. The Balaban J connectivity index is 1.15. The van der Waals surface area contributed by atoms with Crippen molar-refractivity contribution in [3.05, 3.63) is 65.0 Å². The van der Waals surface area contributed by atoms with E-state index in [-0.39, 0.29) is 46.7 Å². The van der Waals surface area contributed by atoms with Gasteiger partial charge in [-0.15, -0.1) is 0 Å². The smallest absolute Gasteiger partial charge is 0.408 e. The fourth-order valence-electron chi connectivity index (χ4n) is 6.71. The Hall–Kier alpha value is -3.92. The minimum atomic E-state index is -4.97. The summed E-state index contributed by atoms with van der Waals surface area (Å²) in [5.41, 5.74) is 5.54. The zero-order valence-electron chi connectivity index (χ0n) is 31.7. The number of nitrogens with two attached hydrogens (primary N) is 1. The molecule has 3 fully saturated rings. The Kier molecular flexibility index (Phi) is 11.3. The van der Waals surface area contributed by atoms with Crippen molar-refractivity contribution in [2.45, 2.75) is 88.4 Å². The van der Waals surface area contributed by atoms with Gasteiger partial charge >= 0.3 is 15.6 Å². The van der Waals surface area contributed by atoms with Gasteiger partial charge in [0, 0.05) is 23.6 Å². The average molecular weight is 850 g/mol. The zero-order valence-corrected chi connectivity index (χ0v) is 34.5. The lowest BCUT2D eigenvalue weighted by Crippen LogP contribution is -2.50. The molecule has 7 N–H and O–H groups in total. The van der Waals surface area contributed by atoms with Crippen molar-refractivity contribution < 1.29 is 51.0 Å². The number of aromatic nitrogens is 6. The Morgan fingerprint density at radius 3 is 2.46 bits per heavy atom. The number of fused-ring (bicyclic) bond motifs is 4. The number of nitrogens with zero attached hydrogens (tertiary/aromatic N) is 5. The molecule has 2 unspecified atom stereocenters. The largest absolute Gasteiger partial charge is 0.472 e. The fraction of sp³-hybridized carbons (Fsp3) is 0.515. The van der Waals surface area contributed by atoms with Crippen LogP contribution in [0.3, 0.4) is 0 Å². The number of nitrogens with one attached hydrogen (secondary N) is 3. The molecule has 5 heterocycles. The van der Waals surface area contributed by atoms with Crippen molar-refractivity contribution in [3.8, 4) is 0 Å². The number of carbonyl (C=O) groups excluding carboxylic acids is 1. The second-order valence-corrected chi connectivity index (χ2v) is 23.2. The predicted molar refractivity (Wildman–Crippen MR) is 206 cm³/mol.